The Bertz CT molecular complexity index is 594. The number of benzene rings is 1. The van der Waals surface area contributed by atoms with Crippen LogP contribution in [0.3, 0.4) is 0 Å². The van der Waals surface area contributed by atoms with Crippen molar-refractivity contribution in [3.8, 4) is 0 Å². The van der Waals surface area contributed by atoms with Gasteiger partial charge in [-0.3, -0.25) is 4.68 Å². The number of nitrogens with zero attached hydrogens (tertiary/aromatic N) is 2. The van der Waals surface area contributed by atoms with Gasteiger partial charge in [0.1, 0.15) is 5.69 Å². The number of anilines is 1. The normalized spacial score (nSPS) is 10.8. The molecule has 0 saturated carbocycles. The predicted octanol–water partition coefficient (Wildman–Crippen LogP) is 2.73. The van der Waals surface area contributed by atoms with Crippen LogP contribution in [0.2, 0.25) is 0 Å². The monoisotopic (exact) mass is 277 g/mol. The summed E-state index contributed by atoms with van der Waals surface area (Å²) in [5, 5.41) is 5.98. The molecule has 0 bridgehead atoms. The van der Waals surface area contributed by atoms with Gasteiger partial charge in [0.05, 0.1) is 12.2 Å². The van der Waals surface area contributed by atoms with Crippen molar-refractivity contribution >= 4 is 5.69 Å². The average molecular weight is 277 g/mol. The molecule has 2 aromatic rings. The van der Waals surface area contributed by atoms with Crippen LogP contribution in [0.15, 0.2) is 12.3 Å². The number of hydrogen-bond acceptors (Lipinski definition) is 2. The molecule has 1 aromatic heterocycles. The Kier molecular flexibility index (Phi) is 3.41. The molecule has 0 saturated heterocycles. The van der Waals surface area contributed by atoms with E-state index in [-0.39, 0.29) is 6.54 Å². The molecule has 0 atom stereocenters. The average Bonchev–Trinajstić information content (AvgIpc) is 2.80. The van der Waals surface area contributed by atoms with Gasteiger partial charge in [0.2, 0.25) is 5.82 Å². The third-order valence-electron chi connectivity index (χ3n) is 2.58. The van der Waals surface area contributed by atoms with Gasteiger partial charge in [-0.25, -0.2) is 22.0 Å². The van der Waals surface area contributed by atoms with Crippen molar-refractivity contribution in [2.24, 2.45) is 7.05 Å². The summed E-state index contributed by atoms with van der Waals surface area (Å²) in [5.41, 5.74) is -0.540. The van der Waals surface area contributed by atoms with Crippen molar-refractivity contribution in [2.45, 2.75) is 6.54 Å². The molecular weight excluding hydrogens is 269 g/mol. The summed E-state index contributed by atoms with van der Waals surface area (Å²) in [6.45, 7) is -0.130. The fourth-order valence-electron chi connectivity index (χ4n) is 1.51. The number of halogens is 5. The minimum atomic E-state index is -2.18. The first-order valence-electron chi connectivity index (χ1n) is 5.15. The SMILES string of the molecule is Cn1nccc1CNc1c(F)c(F)c(F)c(F)c1F. The maximum atomic E-state index is 13.3. The Morgan fingerprint density at radius 1 is 1.00 bits per heavy atom. The zero-order valence-electron chi connectivity index (χ0n) is 9.65. The Balaban J connectivity index is 2.33. The van der Waals surface area contributed by atoms with Crippen LogP contribution in [-0.4, -0.2) is 9.78 Å². The first-order chi connectivity index (χ1) is 8.93. The number of hydrogen-bond donors (Lipinski definition) is 1. The second-order valence-electron chi connectivity index (χ2n) is 3.74. The number of aromatic nitrogens is 2. The fourth-order valence-corrected chi connectivity index (χ4v) is 1.51. The summed E-state index contributed by atoms with van der Waals surface area (Å²) < 4.78 is 66.7. The van der Waals surface area contributed by atoms with E-state index in [4.69, 9.17) is 0 Å². The first-order valence-corrected chi connectivity index (χ1v) is 5.15. The van der Waals surface area contributed by atoms with Crippen molar-refractivity contribution in [3.63, 3.8) is 0 Å². The van der Waals surface area contributed by atoms with Crippen LogP contribution in [0, 0.1) is 29.1 Å². The molecule has 3 nitrogen and oxygen atoms in total. The molecule has 0 aliphatic rings. The third-order valence-corrected chi connectivity index (χ3v) is 2.58. The van der Waals surface area contributed by atoms with Crippen molar-refractivity contribution in [1.82, 2.24) is 9.78 Å². The summed E-state index contributed by atoms with van der Waals surface area (Å²) >= 11 is 0. The molecule has 0 aliphatic heterocycles. The highest BCUT2D eigenvalue weighted by atomic mass is 19.2. The van der Waals surface area contributed by atoms with Crippen molar-refractivity contribution < 1.29 is 22.0 Å². The lowest BCUT2D eigenvalue weighted by Gasteiger charge is -2.10. The van der Waals surface area contributed by atoms with E-state index in [1.54, 1.807) is 13.1 Å². The van der Waals surface area contributed by atoms with Crippen LogP contribution < -0.4 is 5.32 Å². The molecule has 19 heavy (non-hydrogen) atoms. The summed E-state index contributed by atoms with van der Waals surface area (Å²) in [7, 11) is 1.58. The number of rotatable bonds is 3. The lowest BCUT2D eigenvalue weighted by molar-refractivity contribution is 0.381. The second kappa shape index (κ2) is 4.87. The van der Waals surface area contributed by atoms with Gasteiger partial charge < -0.3 is 5.32 Å². The zero-order chi connectivity index (χ0) is 14.2. The van der Waals surface area contributed by atoms with Gasteiger partial charge in [0.15, 0.2) is 23.3 Å². The van der Waals surface area contributed by atoms with Gasteiger partial charge in [-0.05, 0) is 6.07 Å². The van der Waals surface area contributed by atoms with Gasteiger partial charge >= 0.3 is 0 Å². The van der Waals surface area contributed by atoms with Crippen LogP contribution in [0.25, 0.3) is 0 Å². The molecule has 0 spiro atoms. The Labute approximate surface area is 104 Å². The van der Waals surface area contributed by atoms with E-state index in [1.165, 1.54) is 10.9 Å². The topological polar surface area (TPSA) is 29.9 Å². The Hall–Kier alpha value is -2.12. The van der Waals surface area contributed by atoms with Gasteiger partial charge in [0, 0.05) is 13.2 Å². The van der Waals surface area contributed by atoms with Gasteiger partial charge in [-0.2, -0.15) is 5.10 Å². The first kappa shape index (κ1) is 13.3. The van der Waals surface area contributed by atoms with Crippen molar-refractivity contribution in [3.05, 3.63) is 47.0 Å². The minimum absolute atomic E-state index is 0.130. The van der Waals surface area contributed by atoms with Gasteiger partial charge in [-0.1, -0.05) is 0 Å². The highest BCUT2D eigenvalue weighted by molar-refractivity contribution is 5.47. The molecule has 102 valence electrons. The maximum Gasteiger partial charge on any atom is 0.200 e. The van der Waals surface area contributed by atoms with E-state index in [0.29, 0.717) is 5.69 Å². The lowest BCUT2D eigenvalue weighted by Crippen LogP contribution is -2.11. The molecule has 0 radical (unpaired) electrons. The highest BCUT2D eigenvalue weighted by Gasteiger charge is 2.25. The molecule has 0 amide bonds. The Morgan fingerprint density at radius 3 is 2.00 bits per heavy atom. The summed E-state index contributed by atoms with van der Waals surface area (Å²) in [6.07, 6.45) is 1.44. The minimum Gasteiger partial charge on any atom is -0.374 e. The van der Waals surface area contributed by atoms with E-state index in [1.807, 2.05) is 0 Å². The molecule has 0 aliphatic carbocycles. The van der Waals surface area contributed by atoms with Crippen LogP contribution in [0.4, 0.5) is 27.6 Å². The van der Waals surface area contributed by atoms with E-state index < -0.39 is 34.8 Å². The molecule has 0 fully saturated rings. The molecule has 1 aromatic carbocycles. The summed E-state index contributed by atoms with van der Waals surface area (Å²) in [4.78, 5) is 0. The molecule has 1 heterocycles. The highest BCUT2D eigenvalue weighted by Crippen LogP contribution is 2.27. The lowest BCUT2D eigenvalue weighted by atomic mass is 10.2. The van der Waals surface area contributed by atoms with Crippen LogP contribution >= 0.6 is 0 Å². The van der Waals surface area contributed by atoms with Crippen molar-refractivity contribution in [2.75, 3.05) is 5.32 Å². The number of aryl methyl sites for hydroxylation is 1. The Morgan fingerprint density at radius 2 is 1.53 bits per heavy atom. The molecular formula is C11H8F5N3. The largest absolute Gasteiger partial charge is 0.374 e. The smallest absolute Gasteiger partial charge is 0.200 e. The van der Waals surface area contributed by atoms with Crippen LogP contribution in [0.1, 0.15) is 5.69 Å². The summed E-state index contributed by atoms with van der Waals surface area (Å²) in [6, 6.07) is 1.54. The van der Waals surface area contributed by atoms with E-state index in [0.717, 1.165) is 0 Å². The van der Waals surface area contributed by atoms with Crippen LogP contribution in [0.5, 0.6) is 0 Å². The molecule has 8 heteroatoms. The van der Waals surface area contributed by atoms with E-state index in [2.05, 4.69) is 10.4 Å². The standard InChI is InChI=1S/C11H8F5N3/c1-19-5(2-3-18-19)4-17-11-9(15)7(13)6(12)8(14)10(11)16/h2-3,17H,4H2,1H3. The molecule has 0 unspecified atom stereocenters. The van der Waals surface area contributed by atoms with Crippen LogP contribution in [-0.2, 0) is 13.6 Å². The van der Waals surface area contributed by atoms with Gasteiger partial charge in [0.25, 0.3) is 0 Å². The van der Waals surface area contributed by atoms with E-state index >= 15 is 0 Å². The summed E-state index contributed by atoms with van der Waals surface area (Å²) in [5.74, 6) is -9.92. The van der Waals surface area contributed by atoms with Gasteiger partial charge in [-0.15, -0.1) is 0 Å². The zero-order valence-corrected chi connectivity index (χ0v) is 9.65. The predicted molar refractivity (Wildman–Crippen MR) is 56.8 cm³/mol. The molecule has 1 N–H and O–H groups in total. The third kappa shape index (κ3) is 2.25. The second-order valence-corrected chi connectivity index (χ2v) is 3.74. The number of nitrogens with one attached hydrogen (secondary N) is 1. The van der Waals surface area contributed by atoms with E-state index in [9.17, 15) is 22.0 Å². The quantitative estimate of drug-likeness (QED) is 0.531. The van der Waals surface area contributed by atoms with Crippen molar-refractivity contribution in [1.29, 1.82) is 0 Å². The fraction of sp³-hybridized carbons (Fsp3) is 0.182. The maximum absolute atomic E-state index is 13.3. The molecule has 2 rings (SSSR count).